The number of unbranched alkanes of at least 4 members (excludes halogenated alkanes) is 19. The van der Waals surface area contributed by atoms with Gasteiger partial charge in [-0.05, 0) is 77.0 Å². The van der Waals surface area contributed by atoms with Crippen LogP contribution in [0, 0.1) is 0 Å². The van der Waals surface area contributed by atoms with Crippen molar-refractivity contribution >= 4 is 17.9 Å². The van der Waals surface area contributed by atoms with E-state index >= 15 is 0 Å². The van der Waals surface area contributed by atoms with Crippen molar-refractivity contribution in [1.82, 2.24) is 0 Å². The fraction of sp³-hybridized carbons (Fsp3) is 0.700. The zero-order chi connectivity index (χ0) is 40.8. The molecule has 320 valence electrons. The summed E-state index contributed by atoms with van der Waals surface area (Å²) in [6.45, 7) is 6.32. The highest BCUT2D eigenvalue weighted by Crippen LogP contribution is 2.14. The first-order valence-corrected chi connectivity index (χ1v) is 23.0. The Balaban J connectivity index is 4.34. The Morgan fingerprint density at radius 2 is 0.839 bits per heavy atom. The third-order valence-corrected chi connectivity index (χ3v) is 9.48. The lowest BCUT2D eigenvalue weighted by molar-refractivity contribution is -0.166. The number of hydrogen-bond donors (Lipinski definition) is 0. The van der Waals surface area contributed by atoms with Crippen LogP contribution < -0.4 is 0 Å². The van der Waals surface area contributed by atoms with Crippen LogP contribution in [0.15, 0.2) is 72.9 Å². The van der Waals surface area contributed by atoms with Gasteiger partial charge in [0.1, 0.15) is 13.2 Å². The normalized spacial score (nSPS) is 12.7. The van der Waals surface area contributed by atoms with Crippen molar-refractivity contribution < 1.29 is 28.6 Å². The van der Waals surface area contributed by atoms with E-state index in [9.17, 15) is 14.4 Å². The highest BCUT2D eigenvalue weighted by molar-refractivity contribution is 5.72. The number of rotatable bonds is 40. The predicted molar refractivity (Wildman–Crippen MR) is 238 cm³/mol. The number of hydrogen-bond acceptors (Lipinski definition) is 6. The summed E-state index contributed by atoms with van der Waals surface area (Å²) in [6.07, 6.45) is 55.0. The van der Waals surface area contributed by atoms with Gasteiger partial charge in [0.2, 0.25) is 0 Å². The summed E-state index contributed by atoms with van der Waals surface area (Å²) in [5, 5.41) is 0. The first kappa shape index (κ1) is 52.9. The average molecular weight is 781 g/mol. The quantitative estimate of drug-likeness (QED) is 0.0203. The number of esters is 3. The maximum Gasteiger partial charge on any atom is 0.309 e. The Hall–Kier alpha value is -3.15. The Kier molecular flexibility index (Phi) is 42.1. The monoisotopic (exact) mass is 781 g/mol. The molecule has 0 aliphatic rings. The molecule has 0 aromatic heterocycles. The molecule has 0 saturated heterocycles. The predicted octanol–water partition coefficient (Wildman–Crippen LogP) is 14.7. The minimum atomic E-state index is -0.814. The zero-order valence-corrected chi connectivity index (χ0v) is 36.4. The van der Waals surface area contributed by atoms with Crippen LogP contribution in [0.1, 0.15) is 207 Å². The minimum absolute atomic E-state index is 0.109. The SMILES string of the molecule is CC/C=C\C/C=C\C/C=C\CC(=O)OCC(COC(=O)CCCCCCCCCCCC/C=C\C=C/CCCCC)OC(=O)CCCCCC/C=C\CCCC. The van der Waals surface area contributed by atoms with E-state index in [1.165, 1.54) is 89.9 Å². The van der Waals surface area contributed by atoms with Crippen molar-refractivity contribution in [3.05, 3.63) is 72.9 Å². The molecule has 0 rings (SSSR count). The maximum atomic E-state index is 12.7. The summed E-state index contributed by atoms with van der Waals surface area (Å²) in [5.41, 5.74) is 0. The summed E-state index contributed by atoms with van der Waals surface area (Å²) in [6, 6.07) is 0. The van der Waals surface area contributed by atoms with Crippen LogP contribution >= 0.6 is 0 Å². The molecule has 0 radical (unpaired) electrons. The number of allylic oxidation sites excluding steroid dienone is 11. The second-order valence-electron chi connectivity index (χ2n) is 15.0. The van der Waals surface area contributed by atoms with Crippen LogP contribution in [0.4, 0.5) is 0 Å². The fourth-order valence-electron chi connectivity index (χ4n) is 6.00. The van der Waals surface area contributed by atoms with Gasteiger partial charge in [-0.15, -0.1) is 0 Å². The van der Waals surface area contributed by atoms with Crippen molar-refractivity contribution in [2.75, 3.05) is 13.2 Å². The molecule has 0 aromatic carbocycles. The molecule has 6 heteroatoms. The van der Waals surface area contributed by atoms with Crippen molar-refractivity contribution in [2.45, 2.75) is 213 Å². The van der Waals surface area contributed by atoms with Crippen molar-refractivity contribution in [3.63, 3.8) is 0 Å². The van der Waals surface area contributed by atoms with Gasteiger partial charge in [0.05, 0.1) is 6.42 Å². The number of carbonyl (C=O) groups excluding carboxylic acids is 3. The van der Waals surface area contributed by atoms with Gasteiger partial charge in [-0.1, -0.05) is 184 Å². The lowest BCUT2D eigenvalue weighted by Crippen LogP contribution is -2.30. The summed E-state index contributed by atoms with van der Waals surface area (Å²) in [4.78, 5) is 37.6. The van der Waals surface area contributed by atoms with E-state index in [0.717, 1.165) is 77.0 Å². The van der Waals surface area contributed by atoms with Crippen molar-refractivity contribution in [3.8, 4) is 0 Å². The van der Waals surface area contributed by atoms with Crippen LogP contribution in [0.25, 0.3) is 0 Å². The van der Waals surface area contributed by atoms with Gasteiger partial charge in [-0.3, -0.25) is 14.4 Å². The standard InChI is InChI=1S/C50H84O6/c1-4-7-10-13-16-19-21-22-23-24-25-26-27-28-29-32-34-37-40-43-49(52)55-46-47(45-54-48(51)42-39-36-33-30-18-15-12-9-6-3)56-50(53)44-41-38-35-31-20-17-14-11-8-5-2/h9,12,14,16-19,21-22,30,36,39,47H,4-8,10-11,13,15,20,23-29,31-35,37-38,40-46H2,1-3H3/b12-9-,17-14-,19-16-,22-21-,30-18-,39-36-. The van der Waals surface area contributed by atoms with Crippen LogP contribution in [0.3, 0.4) is 0 Å². The minimum Gasteiger partial charge on any atom is -0.462 e. The summed E-state index contributed by atoms with van der Waals surface area (Å²) >= 11 is 0. The Morgan fingerprint density at radius 3 is 1.39 bits per heavy atom. The Morgan fingerprint density at radius 1 is 0.411 bits per heavy atom. The molecule has 1 atom stereocenters. The second-order valence-corrected chi connectivity index (χ2v) is 15.0. The largest absolute Gasteiger partial charge is 0.462 e. The van der Waals surface area contributed by atoms with Gasteiger partial charge in [-0.2, -0.15) is 0 Å². The van der Waals surface area contributed by atoms with Crippen molar-refractivity contribution in [2.24, 2.45) is 0 Å². The molecular formula is C50H84O6. The molecule has 56 heavy (non-hydrogen) atoms. The third kappa shape index (κ3) is 42.0. The molecule has 0 fully saturated rings. The van der Waals surface area contributed by atoms with Crippen LogP contribution in [0.2, 0.25) is 0 Å². The van der Waals surface area contributed by atoms with Gasteiger partial charge in [0.15, 0.2) is 6.10 Å². The Labute approximate surface area is 344 Å². The highest BCUT2D eigenvalue weighted by atomic mass is 16.6. The fourth-order valence-corrected chi connectivity index (χ4v) is 6.00. The molecule has 0 aliphatic carbocycles. The maximum absolute atomic E-state index is 12.7. The lowest BCUT2D eigenvalue weighted by Gasteiger charge is -2.18. The topological polar surface area (TPSA) is 78.9 Å². The van der Waals surface area contributed by atoms with Crippen LogP contribution in [-0.4, -0.2) is 37.2 Å². The molecule has 0 amide bonds. The van der Waals surface area contributed by atoms with Crippen LogP contribution in [0.5, 0.6) is 0 Å². The van der Waals surface area contributed by atoms with Gasteiger partial charge >= 0.3 is 17.9 Å². The number of ether oxygens (including phenoxy) is 3. The smallest absolute Gasteiger partial charge is 0.309 e. The van der Waals surface area contributed by atoms with Crippen molar-refractivity contribution in [1.29, 1.82) is 0 Å². The molecule has 6 nitrogen and oxygen atoms in total. The van der Waals surface area contributed by atoms with Gasteiger partial charge in [0.25, 0.3) is 0 Å². The first-order valence-electron chi connectivity index (χ1n) is 23.0. The van der Waals surface area contributed by atoms with E-state index in [1.54, 1.807) is 6.08 Å². The van der Waals surface area contributed by atoms with E-state index in [-0.39, 0.29) is 31.6 Å². The molecule has 0 N–H and O–H groups in total. The number of carbonyl (C=O) groups is 3. The van der Waals surface area contributed by atoms with Gasteiger partial charge in [0, 0.05) is 12.8 Å². The third-order valence-electron chi connectivity index (χ3n) is 9.48. The molecule has 0 aromatic rings. The lowest BCUT2D eigenvalue weighted by atomic mass is 10.1. The van der Waals surface area contributed by atoms with E-state index < -0.39 is 12.1 Å². The molecule has 0 heterocycles. The molecule has 0 saturated carbocycles. The average Bonchev–Trinajstić information content (AvgIpc) is 3.19. The highest BCUT2D eigenvalue weighted by Gasteiger charge is 2.19. The summed E-state index contributed by atoms with van der Waals surface area (Å²) in [7, 11) is 0. The van der Waals surface area contributed by atoms with Gasteiger partial charge in [-0.25, -0.2) is 0 Å². The second kappa shape index (κ2) is 44.6. The molecule has 0 spiro atoms. The van der Waals surface area contributed by atoms with E-state index in [1.807, 2.05) is 6.08 Å². The van der Waals surface area contributed by atoms with Gasteiger partial charge < -0.3 is 14.2 Å². The molecule has 0 bridgehead atoms. The molecular weight excluding hydrogens is 697 g/mol. The van der Waals surface area contributed by atoms with E-state index in [0.29, 0.717) is 12.8 Å². The summed E-state index contributed by atoms with van der Waals surface area (Å²) < 4.78 is 16.5. The van der Waals surface area contributed by atoms with E-state index in [4.69, 9.17) is 14.2 Å². The Bertz CT molecular complexity index is 1080. The zero-order valence-electron chi connectivity index (χ0n) is 36.4. The molecule has 0 aliphatic heterocycles. The first-order chi connectivity index (χ1) is 27.5. The summed E-state index contributed by atoms with van der Waals surface area (Å²) in [5.74, 6) is -1.06. The van der Waals surface area contributed by atoms with E-state index in [2.05, 4.69) is 81.5 Å². The molecule has 1 unspecified atom stereocenters. The van der Waals surface area contributed by atoms with Crippen LogP contribution in [-0.2, 0) is 28.6 Å².